The molecular formula is C19H28ClNSi. The van der Waals surface area contributed by atoms with Crippen molar-refractivity contribution in [2.75, 3.05) is 13.1 Å². The zero-order valence-corrected chi connectivity index (χ0v) is 16.0. The Morgan fingerprint density at radius 3 is 2.23 bits per heavy atom. The lowest BCUT2D eigenvalue weighted by molar-refractivity contribution is 0.494. The van der Waals surface area contributed by atoms with Crippen LogP contribution < -0.4 is 0 Å². The van der Waals surface area contributed by atoms with Crippen LogP contribution in [0.25, 0.3) is 5.70 Å². The summed E-state index contributed by atoms with van der Waals surface area (Å²) in [5.74, 6) is 0. The van der Waals surface area contributed by atoms with Crippen molar-refractivity contribution in [1.82, 2.24) is 4.90 Å². The molecule has 0 bridgehead atoms. The molecule has 1 unspecified atom stereocenters. The van der Waals surface area contributed by atoms with Gasteiger partial charge in [0.15, 0.2) is 7.38 Å². The van der Waals surface area contributed by atoms with Crippen molar-refractivity contribution >= 4 is 24.2 Å². The second-order valence-corrected chi connectivity index (χ2v) is 14.0. The number of hydrogen-bond acceptors (Lipinski definition) is 1. The number of benzene rings is 1. The summed E-state index contributed by atoms with van der Waals surface area (Å²) >= 11 is 7.39. The van der Waals surface area contributed by atoms with E-state index in [-0.39, 0.29) is 0 Å². The quantitative estimate of drug-likeness (QED) is 0.500. The van der Waals surface area contributed by atoms with Crippen LogP contribution in [0, 0.1) is 0 Å². The number of hydrogen-bond donors (Lipinski definition) is 0. The molecule has 2 aliphatic rings. The molecule has 1 heterocycles. The molecule has 0 spiro atoms. The molecule has 1 nitrogen and oxygen atoms in total. The molecule has 22 heavy (non-hydrogen) atoms. The first-order chi connectivity index (χ1) is 10.5. The third kappa shape index (κ3) is 2.45. The first-order valence-corrected chi connectivity index (χ1v) is 12.0. The van der Waals surface area contributed by atoms with Crippen LogP contribution in [-0.4, -0.2) is 25.4 Å². The van der Waals surface area contributed by atoms with E-state index in [2.05, 4.69) is 62.9 Å². The zero-order valence-electron chi connectivity index (χ0n) is 14.3. The zero-order chi connectivity index (χ0) is 15.9. The van der Waals surface area contributed by atoms with E-state index in [9.17, 15) is 0 Å². The molecule has 1 saturated heterocycles. The molecule has 0 saturated carbocycles. The number of rotatable bonds is 4. The minimum absolute atomic E-state index is 0.445. The van der Waals surface area contributed by atoms with Gasteiger partial charge in [0.25, 0.3) is 0 Å². The van der Waals surface area contributed by atoms with Gasteiger partial charge in [0, 0.05) is 29.9 Å². The highest BCUT2D eigenvalue weighted by Gasteiger charge is 2.48. The molecule has 1 aromatic carbocycles. The number of fused-ring (bicyclic) bond motifs is 1. The van der Waals surface area contributed by atoms with Crippen molar-refractivity contribution in [2.24, 2.45) is 0 Å². The van der Waals surface area contributed by atoms with E-state index < -0.39 is 7.38 Å². The Morgan fingerprint density at radius 2 is 1.64 bits per heavy atom. The van der Waals surface area contributed by atoms with Gasteiger partial charge in [-0.1, -0.05) is 58.0 Å². The summed E-state index contributed by atoms with van der Waals surface area (Å²) in [4.78, 5) is 2.57. The largest absolute Gasteiger partial charge is 0.371 e. The average Bonchev–Trinajstić information content (AvgIpc) is 3.13. The van der Waals surface area contributed by atoms with Gasteiger partial charge in [-0.2, -0.15) is 11.1 Å². The molecule has 3 rings (SSSR count). The van der Waals surface area contributed by atoms with Crippen molar-refractivity contribution in [1.29, 1.82) is 0 Å². The summed E-state index contributed by atoms with van der Waals surface area (Å²) in [6.07, 6.45) is 5.17. The highest BCUT2D eigenvalue weighted by molar-refractivity contribution is 7.22. The van der Waals surface area contributed by atoms with E-state index in [1.807, 2.05) is 0 Å². The van der Waals surface area contributed by atoms with Crippen molar-refractivity contribution in [2.45, 2.75) is 57.2 Å². The third-order valence-corrected chi connectivity index (χ3v) is 13.9. The Labute approximate surface area is 141 Å². The van der Waals surface area contributed by atoms with Gasteiger partial charge in [-0.25, -0.2) is 0 Å². The van der Waals surface area contributed by atoms with Crippen LogP contribution in [0.4, 0.5) is 0 Å². The van der Waals surface area contributed by atoms with E-state index >= 15 is 0 Å². The molecular weight excluding hydrogens is 306 g/mol. The Hall–Kier alpha value is -0.733. The minimum atomic E-state index is -1.95. The van der Waals surface area contributed by atoms with Crippen LogP contribution in [0.3, 0.4) is 0 Å². The van der Waals surface area contributed by atoms with E-state index in [1.54, 1.807) is 0 Å². The van der Waals surface area contributed by atoms with Gasteiger partial charge in [0.05, 0.1) is 0 Å². The highest BCUT2D eigenvalue weighted by atomic mass is 35.6. The Morgan fingerprint density at radius 1 is 1.05 bits per heavy atom. The van der Waals surface area contributed by atoms with Gasteiger partial charge in [-0.05, 0) is 29.5 Å². The summed E-state index contributed by atoms with van der Waals surface area (Å²) < 4.78 is 0. The maximum absolute atomic E-state index is 7.39. The summed E-state index contributed by atoms with van der Waals surface area (Å²) in [7, 11) is -1.95. The molecule has 0 amide bonds. The van der Waals surface area contributed by atoms with E-state index in [4.69, 9.17) is 11.1 Å². The van der Waals surface area contributed by atoms with Gasteiger partial charge in [0.1, 0.15) is 0 Å². The third-order valence-electron chi connectivity index (χ3n) is 5.59. The topological polar surface area (TPSA) is 3.24 Å². The fraction of sp³-hybridized carbons (Fsp3) is 0.579. The monoisotopic (exact) mass is 333 g/mol. The number of allylic oxidation sites excluding steroid dienone is 1. The fourth-order valence-corrected chi connectivity index (χ4v) is 8.78. The van der Waals surface area contributed by atoms with Gasteiger partial charge >= 0.3 is 0 Å². The summed E-state index contributed by atoms with van der Waals surface area (Å²) in [5, 5.41) is 0. The second-order valence-electron chi connectivity index (χ2n) is 7.45. The van der Waals surface area contributed by atoms with Crippen molar-refractivity contribution in [3.8, 4) is 0 Å². The normalized spacial score (nSPS) is 21.7. The minimum Gasteiger partial charge on any atom is -0.371 e. The van der Waals surface area contributed by atoms with Gasteiger partial charge in [-0.15, -0.1) is 0 Å². The number of nitrogens with zero attached hydrogens (tertiary/aromatic N) is 1. The molecule has 120 valence electrons. The average molecular weight is 334 g/mol. The maximum atomic E-state index is 7.39. The molecule has 0 N–H and O–H groups in total. The van der Waals surface area contributed by atoms with Crippen LogP contribution >= 0.6 is 11.1 Å². The molecule has 1 atom stereocenters. The molecule has 0 radical (unpaired) electrons. The molecule has 1 fully saturated rings. The fourth-order valence-electron chi connectivity index (χ4n) is 4.32. The van der Waals surface area contributed by atoms with Crippen molar-refractivity contribution in [3.63, 3.8) is 0 Å². The van der Waals surface area contributed by atoms with Gasteiger partial charge < -0.3 is 4.90 Å². The lowest BCUT2D eigenvalue weighted by Crippen LogP contribution is -2.41. The van der Waals surface area contributed by atoms with Crippen LogP contribution in [-0.2, 0) is 0 Å². The van der Waals surface area contributed by atoms with E-state index in [0.717, 1.165) is 0 Å². The smallest absolute Gasteiger partial charge is 0.172 e. The van der Waals surface area contributed by atoms with Crippen LogP contribution in [0.5, 0.6) is 0 Å². The SMILES string of the molecule is CC(C)[Si](Cl)(C(C)C)C1C=C(N2CCCC2)c2ccccc21. The predicted molar refractivity (Wildman–Crippen MR) is 99.8 cm³/mol. The van der Waals surface area contributed by atoms with Gasteiger partial charge in [0.2, 0.25) is 0 Å². The molecule has 1 aliphatic heterocycles. The second kappa shape index (κ2) is 6.05. The number of halogens is 1. The maximum Gasteiger partial charge on any atom is 0.172 e. The summed E-state index contributed by atoms with van der Waals surface area (Å²) in [6.45, 7) is 11.7. The standard InChI is InChI=1S/C19H28ClNSi/c1-14(2)22(20,15(3)4)19-13-18(21-11-7-8-12-21)16-9-5-6-10-17(16)19/h5-6,9-10,13-15,19H,7-8,11-12H2,1-4H3. The lowest BCUT2D eigenvalue weighted by atomic mass is 10.1. The molecule has 0 aromatic heterocycles. The van der Waals surface area contributed by atoms with Crippen molar-refractivity contribution < 1.29 is 0 Å². The Kier molecular flexibility index (Phi) is 4.44. The predicted octanol–water partition coefficient (Wildman–Crippen LogP) is 5.76. The van der Waals surface area contributed by atoms with Crippen molar-refractivity contribution in [3.05, 3.63) is 41.5 Å². The van der Waals surface area contributed by atoms with E-state index in [0.29, 0.717) is 16.6 Å². The summed E-state index contributed by atoms with van der Waals surface area (Å²) in [6, 6.07) is 8.96. The Bertz CT molecular complexity index is 565. The first kappa shape index (κ1) is 16.1. The molecule has 1 aromatic rings. The molecule has 3 heteroatoms. The first-order valence-electron chi connectivity index (χ1n) is 8.71. The van der Waals surface area contributed by atoms with Gasteiger partial charge in [-0.3, -0.25) is 0 Å². The Balaban J connectivity index is 2.08. The number of likely N-dealkylation sites (tertiary alicyclic amines) is 1. The highest BCUT2D eigenvalue weighted by Crippen LogP contribution is 2.52. The van der Waals surface area contributed by atoms with Crippen LogP contribution in [0.2, 0.25) is 11.1 Å². The molecule has 1 aliphatic carbocycles. The van der Waals surface area contributed by atoms with Crippen LogP contribution in [0.15, 0.2) is 30.3 Å². The van der Waals surface area contributed by atoms with Crippen LogP contribution in [0.1, 0.15) is 57.2 Å². The summed E-state index contributed by atoms with van der Waals surface area (Å²) in [5.41, 5.74) is 5.96. The lowest BCUT2D eigenvalue weighted by Gasteiger charge is -2.37. The van der Waals surface area contributed by atoms with E-state index in [1.165, 1.54) is 42.8 Å².